The molecule has 0 saturated carbocycles. The molecule has 0 aliphatic heterocycles. The van der Waals surface area contributed by atoms with Crippen LogP contribution in [-0.2, 0) is 11.4 Å². The lowest BCUT2D eigenvalue weighted by Crippen LogP contribution is -2.07. The second-order valence-corrected chi connectivity index (χ2v) is 6.06. The SMILES string of the molecule is COc1cc(/C=C/C(=O)Nc2ccncc2)ccc1OCc1c(C)noc1C. The Balaban J connectivity index is 1.66. The number of benzene rings is 1. The molecule has 0 aliphatic rings. The number of hydrogen-bond acceptors (Lipinski definition) is 6. The molecule has 0 atom stereocenters. The van der Waals surface area contributed by atoms with E-state index in [1.165, 1.54) is 6.08 Å². The summed E-state index contributed by atoms with van der Waals surface area (Å²) in [5.41, 5.74) is 3.21. The van der Waals surface area contributed by atoms with E-state index in [1.54, 1.807) is 49.8 Å². The minimum atomic E-state index is -0.232. The summed E-state index contributed by atoms with van der Waals surface area (Å²) in [5, 5.41) is 6.68. The molecule has 0 unspecified atom stereocenters. The number of ether oxygens (including phenoxy) is 2. The van der Waals surface area contributed by atoms with Gasteiger partial charge in [-0.1, -0.05) is 11.2 Å². The summed E-state index contributed by atoms with van der Waals surface area (Å²) >= 11 is 0. The molecule has 0 fully saturated rings. The van der Waals surface area contributed by atoms with Crippen molar-refractivity contribution in [3.63, 3.8) is 0 Å². The number of anilines is 1. The van der Waals surface area contributed by atoms with Gasteiger partial charge in [-0.05, 0) is 49.8 Å². The van der Waals surface area contributed by atoms with Gasteiger partial charge in [-0.25, -0.2) is 0 Å². The minimum Gasteiger partial charge on any atom is -0.493 e. The van der Waals surface area contributed by atoms with E-state index in [4.69, 9.17) is 14.0 Å². The van der Waals surface area contributed by atoms with Crippen LogP contribution in [0.2, 0.25) is 0 Å². The predicted molar refractivity (Wildman–Crippen MR) is 105 cm³/mol. The van der Waals surface area contributed by atoms with E-state index in [0.29, 0.717) is 23.8 Å². The van der Waals surface area contributed by atoms with Crippen LogP contribution in [0.1, 0.15) is 22.6 Å². The second kappa shape index (κ2) is 8.85. The fraction of sp³-hybridized carbons (Fsp3) is 0.190. The number of nitrogens with zero attached hydrogens (tertiary/aromatic N) is 2. The van der Waals surface area contributed by atoms with Gasteiger partial charge in [0.15, 0.2) is 11.5 Å². The highest BCUT2D eigenvalue weighted by molar-refractivity contribution is 6.01. The highest BCUT2D eigenvalue weighted by atomic mass is 16.5. The summed E-state index contributed by atoms with van der Waals surface area (Å²) in [7, 11) is 1.57. The van der Waals surface area contributed by atoms with Gasteiger partial charge in [0.05, 0.1) is 18.4 Å². The Morgan fingerprint density at radius 2 is 1.96 bits per heavy atom. The number of carbonyl (C=O) groups excluding carboxylic acids is 1. The van der Waals surface area contributed by atoms with Crippen molar-refractivity contribution in [2.75, 3.05) is 12.4 Å². The molecule has 2 heterocycles. The Labute approximate surface area is 163 Å². The predicted octanol–water partition coefficient (Wildman–Crippen LogP) is 3.93. The molecule has 1 N–H and O–H groups in total. The van der Waals surface area contributed by atoms with E-state index >= 15 is 0 Å². The number of hydrogen-bond donors (Lipinski definition) is 1. The smallest absolute Gasteiger partial charge is 0.248 e. The van der Waals surface area contributed by atoms with Crippen molar-refractivity contribution < 1.29 is 18.8 Å². The van der Waals surface area contributed by atoms with Crippen LogP contribution in [0.15, 0.2) is 53.3 Å². The maximum Gasteiger partial charge on any atom is 0.248 e. The molecule has 3 rings (SSSR count). The summed E-state index contributed by atoms with van der Waals surface area (Å²) in [6, 6.07) is 8.90. The number of pyridine rings is 1. The number of aromatic nitrogens is 2. The van der Waals surface area contributed by atoms with Gasteiger partial charge in [0.25, 0.3) is 0 Å². The maximum atomic E-state index is 12.0. The summed E-state index contributed by atoms with van der Waals surface area (Å²) in [6.07, 6.45) is 6.40. The minimum absolute atomic E-state index is 0.232. The Bertz CT molecular complexity index is 961. The molecule has 0 aliphatic carbocycles. The molecule has 2 aromatic heterocycles. The average Bonchev–Trinajstić information content (AvgIpc) is 3.03. The molecule has 3 aromatic rings. The van der Waals surface area contributed by atoms with Crippen LogP contribution in [0.4, 0.5) is 5.69 Å². The topological polar surface area (TPSA) is 86.5 Å². The maximum absolute atomic E-state index is 12.0. The number of methoxy groups -OCH3 is 1. The lowest BCUT2D eigenvalue weighted by molar-refractivity contribution is -0.111. The fourth-order valence-corrected chi connectivity index (χ4v) is 2.56. The second-order valence-electron chi connectivity index (χ2n) is 6.06. The summed E-state index contributed by atoms with van der Waals surface area (Å²) in [5.74, 6) is 1.67. The Morgan fingerprint density at radius 3 is 2.64 bits per heavy atom. The third-order valence-corrected chi connectivity index (χ3v) is 4.12. The van der Waals surface area contributed by atoms with Crippen LogP contribution < -0.4 is 14.8 Å². The van der Waals surface area contributed by atoms with E-state index in [2.05, 4.69) is 15.5 Å². The third-order valence-electron chi connectivity index (χ3n) is 4.12. The zero-order valence-corrected chi connectivity index (χ0v) is 15.9. The van der Waals surface area contributed by atoms with Crippen molar-refractivity contribution in [3.8, 4) is 11.5 Å². The van der Waals surface area contributed by atoms with Gasteiger partial charge in [0, 0.05) is 24.2 Å². The van der Waals surface area contributed by atoms with E-state index < -0.39 is 0 Å². The molecule has 0 bridgehead atoms. The van der Waals surface area contributed by atoms with Gasteiger partial charge in [-0.2, -0.15) is 0 Å². The first kappa shape index (κ1) is 19.2. The van der Waals surface area contributed by atoms with Gasteiger partial charge >= 0.3 is 0 Å². The molecule has 0 spiro atoms. The standard InChI is InChI=1S/C21H21N3O4/c1-14-18(15(2)28-24-14)13-27-19-6-4-16(12-20(19)26-3)5-7-21(25)23-17-8-10-22-11-9-17/h4-12H,13H2,1-3H3,(H,22,23,25)/b7-5+. The fourth-order valence-electron chi connectivity index (χ4n) is 2.56. The van der Waals surface area contributed by atoms with Crippen LogP contribution in [-0.4, -0.2) is 23.2 Å². The van der Waals surface area contributed by atoms with Crippen molar-refractivity contribution in [2.45, 2.75) is 20.5 Å². The first-order valence-corrected chi connectivity index (χ1v) is 8.68. The molecule has 0 saturated heterocycles. The molecule has 28 heavy (non-hydrogen) atoms. The third kappa shape index (κ3) is 4.76. The lowest BCUT2D eigenvalue weighted by Gasteiger charge is -2.11. The van der Waals surface area contributed by atoms with Crippen molar-refractivity contribution in [3.05, 3.63) is 71.4 Å². The summed E-state index contributed by atoms with van der Waals surface area (Å²) in [4.78, 5) is 15.9. The summed E-state index contributed by atoms with van der Waals surface area (Å²) in [6.45, 7) is 4.05. The number of rotatable bonds is 7. The van der Waals surface area contributed by atoms with Crippen molar-refractivity contribution in [2.24, 2.45) is 0 Å². The van der Waals surface area contributed by atoms with Crippen LogP contribution in [0, 0.1) is 13.8 Å². The zero-order chi connectivity index (χ0) is 19.9. The average molecular weight is 379 g/mol. The lowest BCUT2D eigenvalue weighted by atomic mass is 10.2. The van der Waals surface area contributed by atoms with E-state index in [-0.39, 0.29) is 5.91 Å². The number of carbonyl (C=O) groups is 1. The van der Waals surface area contributed by atoms with Crippen LogP contribution in [0.25, 0.3) is 6.08 Å². The largest absolute Gasteiger partial charge is 0.493 e. The number of amides is 1. The van der Waals surface area contributed by atoms with Gasteiger partial charge in [-0.15, -0.1) is 0 Å². The Hall–Kier alpha value is -3.61. The highest BCUT2D eigenvalue weighted by Gasteiger charge is 2.12. The normalized spacial score (nSPS) is 10.8. The van der Waals surface area contributed by atoms with Gasteiger partial charge in [0.2, 0.25) is 5.91 Å². The van der Waals surface area contributed by atoms with E-state index in [9.17, 15) is 4.79 Å². The quantitative estimate of drug-likeness (QED) is 0.626. The number of nitrogens with one attached hydrogen (secondary N) is 1. The summed E-state index contributed by atoms with van der Waals surface area (Å²) < 4.78 is 16.4. The van der Waals surface area contributed by atoms with Crippen LogP contribution in [0.3, 0.4) is 0 Å². The monoisotopic (exact) mass is 379 g/mol. The molecule has 144 valence electrons. The first-order valence-electron chi connectivity index (χ1n) is 8.68. The van der Waals surface area contributed by atoms with Crippen LogP contribution in [0.5, 0.6) is 11.5 Å². The van der Waals surface area contributed by atoms with Crippen molar-refractivity contribution in [1.29, 1.82) is 0 Å². The number of aryl methyl sites for hydroxylation is 2. The Morgan fingerprint density at radius 1 is 1.18 bits per heavy atom. The van der Waals surface area contributed by atoms with Crippen molar-refractivity contribution >= 4 is 17.7 Å². The Kier molecular flexibility index (Phi) is 6.06. The van der Waals surface area contributed by atoms with E-state index in [1.807, 2.05) is 19.9 Å². The highest BCUT2D eigenvalue weighted by Crippen LogP contribution is 2.30. The van der Waals surface area contributed by atoms with Gasteiger partial charge in [-0.3, -0.25) is 9.78 Å². The molecule has 7 nitrogen and oxygen atoms in total. The molecule has 1 amide bonds. The van der Waals surface area contributed by atoms with E-state index in [0.717, 1.165) is 22.6 Å². The first-order chi connectivity index (χ1) is 13.6. The van der Waals surface area contributed by atoms with Gasteiger partial charge in [0.1, 0.15) is 12.4 Å². The zero-order valence-electron chi connectivity index (χ0n) is 15.9. The molecular formula is C21H21N3O4. The molecule has 1 aromatic carbocycles. The van der Waals surface area contributed by atoms with Gasteiger partial charge < -0.3 is 19.3 Å². The van der Waals surface area contributed by atoms with Crippen molar-refractivity contribution in [1.82, 2.24) is 10.1 Å². The molecular weight excluding hydrogens is 358 g/mol. The van der Waals surface area contributed by atoms with Crippen LogP contribution >= 0.6 is 0 Å². The molecule has 0 radical (unpaired) electrons. The molecule has 7 heteroatoms.